The zero-order chi connectivity index (χ0) is 20.8. The van der Waals surface area contributed by atoms with E-state index in [2.05, 4.69) is 15.9 Å². The molecule has 2 aromatic carbocycles. The summed E-state index contributed by atoms with van der Waals surface area (Å²) in [4.78, 5) is 12.1. The van der Waals surface area contributed by atoms with Gasteiger partial charge in [-0.05, 0) is 43.7 Å². The number of ketones is 1. The Hall–Kier alpha value is -1.69. The van der Waals surface area contributed by atoms with Crippen molar-refractivity contribution in [1.29, 1.82) is 0 Å². The summed E-state index contributed by atoms with van der Waals surface area (Å²) in [6.07, 6.45) is 0. The van der Waals surface area contributed by atoms with Gasteiger partial charge in [-0.2, -0.15) is 0 Å². The second-order valence-electron chi connectivity index (χ2n) is 6.32. The maximum Gasteiger partial charge on any atom is 0.178 e. The van der Waals surface area contributed by atoms with Crippen molar-refractivity contribution in [3.05, 3.63) is 65.7 Å². The number of hydrogen-bond acceptors (Lipinski definition) is 4. The average molecular weight is 451 g/mol. The molecule has 0 aliphatic rings. The van der Waals surface area contributed by atoms with E-state index in [0.29, 0.717) is 38.6 Å². The highest BCUT2D eigenvalue weighted by Gasteiger charge is 2.24. The lowest BCUT2D eigenvalue weighted by Gasteiger charge is -2.14. The van der Waals surface area contributed by atoms with Crippen molar-refractivity contribution in [3.8, 4) is 5.75 Å². The van der Waals surface area contributed by atoms with E-state index in [9.17, 15) is 4.79 Å². The van der Waals surface area contributed by atoms with E-state index in [-0.39, 0.29) is 5.78 Å². The molecule has 0 atom stereocenters. The molecule has 0 unspecified atom stereocenters. The smallest absolute Gasteiger partial charge is 0.178 e. The molecule has 0 bridgehead atoms. The first-order valence-electron chi connectivity index (χ1n) is 9.63. The summed E-state index contributed by atoms with van der Waals surface area (Å²) in [5, 5.41) is 0. The topological polar surface area (TPSA) is 44.8 Å². The highest BCUT2D eigenvalue weighted by molar-refractivity contribution is 9.10. The van der Waals surface area contributed by atoms with Crippen molar-refractivity contribution >= 4 is 21.7 Å². The molecule has 154 valence electrons. The standard InChI is InChI=1S/C21H25BrO4.C2H6/c1-21(2,22)20(23)18-8-10-19(11-9-18)26-15-14-24-12-13-25-16-17-6-4-3-5-7-17;1-2/h3-11H,12-16H2,1-2H3;1-2H3. The fourth-order valence-electron chi connectivity index (χ4n) is 2.25. The van der Waals surface area contributed by atoms with Crippen LogP contribution in [0, 0.1) is 0 Å². The van der Waals surface area contributed by atoms with Gasteiger partial charge >= 0.3 is 0 Å². The molecular weight excluding hydrogens is 420 g/mol. The molecule has 28 heavy (non-hydrogen) atoms. The van der Waals surface area contributed by atoms with Crippen LogP contribution in [0.2, 0.25) is 0 Å². The van der Waals surface area contributed by atoms with E-state index in [4.69, 9.17) is 14.2 Å². The molecule has 5 heteroatoms. The quantitative estimate of drug-likeness (QED) is 0.251. The molecule has 0 radical (unpaired) electrons. The van der Waals surface area contributed by atoms with Gasteiger partial charge in [0, 0.05) is 5.56 Å². The predicted molar refractivity (Wildman–Crippen MR) is 118 cm³/mol. The first-order valence-corrected chi connectivity index (χ1v) is 10.4. The summed E-state index contributed by atoms with van der Waals surface area (Å²) in [5.74, 6) is 0.765. The summed E-state index contributed by atoms with van der Waals surface area (Å²) < 4.78 is 16.1. The lowest BCUT2D eigenvalue weighted by atomic mass is 10.0. The number of Topliss-reactive ketones (excluding diaryl/α,β-unsaturated/α-hetero) is 1. The van der Waals surface area contributed by atoms with Gasteiger partial charge in [-0.15, -0.1) is 0 Å². The van der Waals surface area contributed by atoms with Gasteiger partial charge in [0.1, 0.15) is 12.4 Å². The van der Waals surface area contributed by atoms with Crippen molar-refractivity contribution in [1.82, 2.24) is 0 Å². The largest absolute Gasteiger partial charge is 0.491 e. The monoisotopic (exact) mass is 450 g/mol. The van der Waals surface area contributed by atoms with Crippen LogP contribution >= 0.6 is 15.9 Å². The molecule has 2 aromatic rings. The van der Waals surface area contributed by atoms with E-state index < -0.39 is 4.32 Å². The molecule has 0 saturated heterocycles. The lowest BCUT2D eigenvalue weighted by Crippen LogP contribution is -2.23. The van der Waals surface area contributed by atoms with Crippen LogP contribution in [0.3, 0.4) is 0 Å². The molecular formula is C23H31BrO4. The number of halogens is 1. The lowest BCUT2D eigenvalue weighted by molar-refractivity contribution is 0.0303. The van der Waals surface area contributed by atoms with E-state index in [0.717, 1.165) is 11.3 Å². The van der Waals surface area contributed by atoms with Gasteiger partial charge in [0.2, 0.25) is 0 Å². The Kier molecular flexibility index (Phi) is 11.7. The van der Waals surface area contributed by atoms with Gasteiger partial charge < -0.3 is 14.2 Å². The number of carbonyl (C=O) groups is 1. The second-order valence-corrected chi connectivity index (χ2v) is 8.31. The molecule has 0 amide bonds. The normalized spacial score (nSPS) is 10.8. The maximum atomic E-state index is 12.1. The highest BCUT2D eigenvalue weighted by Crippen LogP contribution is 2.23. The van der Waals surface area contributed by atoms with E-state index in [1.54, 1.807) is 24.3 Å². The van der Waals surface area contributed by atoms with Crippen molar-refractivity contribution < 1.29 is 19.0 Å². The zero-order valence-electron chi connectivity index (χ0n) is 17.2. The van der Waals surface area contributed by atoms with Crippen molar-refractivity contribution in [3.63, 3.8) is 0 Å². The molecule has 0 spiro atoms. The molecule has 4 nitrogen and oxygen atoms in total. The van der Waals surface area contributed by atoms with Gasteiger partial charge in [-0.3, -0.25) is 4.79 Å². The number of hydrogen-bond donors (Lipinski definition) is 0. The summed E-state index contributed by atoms with van der Waals surface area (Å²) in [6, 6.07) is 17.2. The van der Waals surface area contributed by atoms with Gasteiger partial charge in [-0.1, -0.05) is 60.1 Å². The fraction of sp³-hybridized carbons (Fsp3) is 0.435. The third-order valence-corrected chi connectivity index (χ3v) is 4.00. The van der Waals surface area contributed by atoms with Crippen LogP contribution in [0.25, 0.3) is 0 Å². The molecule has 0 heterocycles. The summed E-state index contributed by atoms with van der Waals surface area (Å²) in [5.41, 5.74) is 1.81. The average Bonchev–Trinajstić information content (AvgIpc) is 2.71. The Morgan fingerprint density at radius 3 is 2.04 bits per heavy atom. The molecule has 0 fully saturated rings. The molecule has 0 saturated carbocycles. The molecule has 2 rings (SSSR count). The van der Waals surface area contributed by atoms with Crippen LogP contribution in [0.5, 0.6) is 5.75 Å². The van der Waals surface area contributed by atoms with Crippen molar-refractivity contribution in [2.24, 2.45) is 0 Å². The van der Waals surface area contributed by atoms with Gasteiger partial charge in [-0.25, -0.2) is 0 Å². The van der Waals surface area contributed by atoms with Gasteiger partial charge in [0.15, 0.2) is 5.78 Å². The van der Waals surface area contributed by atoms with Crippen LogP contribution in [0.1, 0.15) is 43.6 Å². The second kappa shape index (κ2) is 13.5. The highest BCUT2D eigenvalue weighted by atomic mass is 79.9. The first-order chi connectivity index (χ1) is 13.5. The summed E-state index contributed by atoms with van der Waals surface area (Å²) >= 11 is 3.38. The molecule has 0 N–H and O–H groups in total. The Morgan fingerprint density at radius 1 is 0.857 bits per heavy atom. The van der Waals surface area contributed by atoms with E-state index >= 15 is 0 Å². The fourth-order valence-corrected chi connectivity index (χ4v) is 2.48. The Labute approximate surface area is 177 Å². The summed E-state index contributed by atoms with van der Waals surface area (Å²) in [7, 11) is 0. The van der Waals surface area contributed by atoms with Crippen LogP contribution in [-0.4, -0.2) is 36.5 Å². The minimum atomic E-state index is -0.564. The first kappa shape index (κ1) is 24.3. The third kappa shape index (κ3) is 9.49. The number of alkyl halides is 1. The SMILES string of the molecule is CC.CC(C)(Br)C(=O)c1ccc(OCCOCCOCc2ccccc2)cc1. The number of carbonyl (C=O) groups excluding carboxylic acids is 1. The van der Waals surface area contributed by atoms with Gasteiger partial charge in [0.25, 0.3) is 0 Å². The number of ether oxygens (including phenoxy) is 3. The van der Waals surface area contributed by atoms with Crippen LogP contribution in [0.15, 0.2) is 54.6 Å². The zero-order valence-corrected chi connectivity index (χ0v) is 18.8. The number of rotatable bonds is 11. The van der Waals surface area contributed by atoms with Crippen LogP contribution < -0.4 is 4.74 Å². The maximum absolute atomic E-state index is 12.1. The van der Waals surface area contributed by atoms with E-state index in [1.807, 2.05) is 58.0 Å². The van der Waals surface area contributed by atoms with Crippen molar-refractivity contribution in [2.45, 2.75) is 38.6 Å². The van der Waals surface area contributed by atoms with E-state index in [1.165, 1.54) is 0 Å². The minimum Gasteiger partial charge on any atom is -0.491 e. The van der Waals surface area contributed by atoms with Crippen molar-refractivity contribution in [2.75, 3.05) is 26.4 Å². The molecule has 0 aliphatic heterocycles. The van der Waals surface area contributed by atoms with Gasteiger partial charge in [0.05, 0.1) is 30.8 Å². The Bertz CT molecular complexity index is 663. The molecule has 0 aliphatic carbocycles. The summed E-state index contributed by atoms with van der Waals surface area (Å²) in [6.45, 7) is 10.3. The molecule has 0 aromatic heterocycles. The Morgan fingerprint density at radius 2 is 1.43 bits per heavy atom. The number of benzene rings is 2. The minimum absolute atomic E-state index is 0.0443. The third-order valence-electron chi connectivity index (χ3n) is 3.64. The predicted octanol–water partition coefficient (Wildman–Crippen LogP) is 5.68. The van der Waals surface area contributed by atoms with Crippen LogP contribution in [0.4, 0.5) is 0 Å². The Balaban J connectivity index is 0.00000190. The van der Waals surface area contributed by atoms with Crippen LogP contribution in [-0.2, 0) is 16.1 Å².